The number of H-pyrrole nitrogens is 1. The average molecular weight is 711 g/mol. The van der Waals surface area contributed by atoms with E-state index in [1.54, 1.807) is 18.3 Å². The monoisotopic (exact) mass is 710 g/mol. The second kappa shape index (κ2) is 15.8. The number of halogens is 3. The number of carbonyl (C=O) groups is 1. The Kier molecular flexibility index (Phi) is 11.2. The molecule has 4 aromatic rings. The number of imidazole rings is 1. The van der Waals surface area contributed by atoms with Gasteiger partial charge in [-0.15, -0.1) is 0 Å². The summed E-state index contributed by atoms with van der Waals surface area (Å²) in [5.74, 6) is 1.82. The predicted octanol–water partition coefficient (Wildman–Crippen LogP) is 5.71. The lowest BCUT2D eigenvalue weighted by Crippen LogP contribution is -2.47. The quantitative estimate of drug-likeness (QED) is 0.165. The number of hydrogen-bond acceptors (Lipinski definition) is 9. The highest BCUT2D eigenvalue weighted by atomic mass is 19.4. The molecule has 14 heteroatoms. The molecule has 1 atom stereocenters. The van der Waals surface area contributed by atoms with Gasteiger partial charge in [0.2, 0.25) is 11.7 Å². The molecule has 0 bridgehead atoms. The number of pyridine rings is 1. The number of piperidine rings is 1. The number of ether oxygens (including phenoxy) is 4. The first-order valence-corrected chi connectivity index (χ1v) is 17.2. The van der Waals surface area contributed by atoms with Crippen molar-refractivity contribution in [2.45, 2.75) is 43.3 Å². The van der Waals surface area contributed by atoms with Crippen LogP contribution >= 0.6 is 0 Å². The molecule has 1 amide bonds. The molecular formula is C37H45F3N6O5. The first-order chi connectivity index (χ1) is 24.6. The topological polar surface area (TPSA) is 105 Å². The van der Waals surface area contributed by atoms with Crippen molar-refractivity contribution in [2.24, 2.45) is 0 Å². The van der Waals surface area contributed by atoms with E-state index in [0.717, 1.165) is 61.9 Å². The van der Waals surface area contributed by atoms with Gasteiger partial charge in [-0.3, -0.25) is 9.78 Å². The molecule has 2 aromatic carbocycles. The number of fused-ring (bicyclic) bond motifs is 1. The van der Waals surface area contributed by atoms with Crippen molar-refractivity contribution in [3.05, 3.63) is 72.1 Å². The summed E-state index contributed by atoms with van der Waals surface area (Å²) in [6.07, 6.45) is 2.57. The fourth-order valence-electron chi connectivity index (χ4n) is 7.41. The average Bonchev–Trinajstić information content (AvgIpc) is 3.79. The normalized spacial score (nSPS) is 18.7. The Bertz CT molecular complexity index is 1710. The molecule has 11 nitrogen and oxygen atoms in total. The van der Waals surface area contributed by atoms with Gasteiger partial charge in [-0.1, -0.05) is 18.2 Å². The number of likely N-dealkylation sites (tertiary alicyclic amines) is 2. The molecular weight excluding hydrogens is 665 g/mol. The Labute approximate surface area is 295 Å². The van der Waals surface area contributed by atoms with Crippen LogP contribution < -0.4 is 19.1 Å². The van der Waals surface area contributed by atoms with Gasteiger partial charge in [-0.25, -0.2) is 4.98 Å². The summed E-state index contributed by atoms with van der Waals surface area (Å²) in [5, 5.41) is 0. The first kappa shape index (κ1) is 36.2. The van der Waals surface area contributed by atoms with Crippen LogP contribution in [0.4, 0.5) is 19.1 Å². The molecule has 2 aliphatic rings. The number of para-hydroxylation sites is 2. The second-order valence-corrected chi connectivity index (χ2v) is 13.2. The smallest absolute Gasteiger partial charge is 0.411 e. The van der Waals surface area contributed by atoms with Crippen LogP contribution in [-0.4, -0.2) is 117 Å². The van der Waals surface area contributed by atoms with E-state index >= 15 is 0 Å². The molecule has 274 valence electrons. The molecule has 2 aliphatic heterocycles. The van der Waals surface area contributed by atoms with Gasteiger partial charge >= 0.3 is 6.18 Å². The molecule has 2 aromatic heterocycles. The number of rotatable bonds is 14. The third kappa shape index (κ3) is 8.33. The minimum absolute atomic E-state index is 0.0598. The third-order valence-electron chi connectivity index (χ3n) is 10.1. The van der Waals surface area contributed by atoms with E-state index in [1.165, 1.54) is 21.3 Å². The molecule has 0 aliphatic carbocycles. The summed E-state index contributed by atoms with van der Waals surface area (Å²) in [5.41, 5.74) is 2.97. The van der Waals surface area contributed by atoms with Crippen LogP contribution in [0.2, 0.25) is 0 Å². The predicted molar refractivity (Wildman–Crippen MR) is 187 cm³/mol. The van der Waals surface area contributed by atoms with Gasteiger partial charge in [0.15, 0.2) is 11.5 Å². The van der Waals surface area contributed by atoms with Crippen LogP contribution in [0.1, 0.15) is 41.6 Å². The summed E-state index contributed by atoms with van der Waals surface area (Å²) in [6.45, 7) is 2.56. The summed E-state index contributed by atoms with van der Waals surface area (Å²) < 4.78 is 59.8. The van der Waals surface area contributed by atoms with Gasteiger partial charge in [0.1, 0.15) is 6.61 Å². The molecule has 0 radical (unpaired) electrons. The zero-order chi connectivity index (χ0) is 36.0. The third-order valence-corrected chi connectivity index (χ3v) is 10.1. The van der Waals surface area contributed by atoms with Gasteiger partial charge in [0.05, 0.1) is 39.0 Å². The maximum atomic E-state index is 13.9. The van der Waals surface area contributed by atoms with E-state index in [0.29, 0.717) is 48.4 Å². The Morgan fingerprint density at radius 1 is 1.02 bits per heavy atom. The fourth-order valence-corrected chi connectivity index (χ4v) is 7.41. The number of amides is 1. The van der Waals surface area contributed by atoms with Crippen molar-refractivity contribution in [3.63, 3.8) is 0 Å². The SMILES string of the molecule is COc1cc(C(=O)N2CCC(CCN3CCC(N(CCOCC(F)(F)F)c4nc5ccccc5[nH]4)CC3)(c3cccnc3)C2)cc(OC)c1OC. The number of alkyl halides is 3. The highest BCUT2D eigenvalue weighted by molar-refractivity contribution is 5.96. The molecule has 1 N–H and O–H groups in total. The van der Waals surface area contributed by atoms with Gasteiger partial charge in [-0.05, 0) is 68.1 Å². The van der Waals surface area contributed by atoms with E-state index < -0.39 is 12.8 Å². The fraction of sp³-hybridized carbons (Fsp3) is 0.486. The zero-order valence-corrected chi connectivity index (χ0v) is 29.2. The van der Waals surface area contributed by atoms with Crippen LogP contribution in [0, 0.1) is 0 Å². The number of carbonyl (C=O) groups excluding carboxylic acids is 1. The van der Waals surface area contributed by atoms with Crippen molar-refractivity contribution >= 4 is 22.9 Å². The summed E-state index contributed by atoms with van der Waals surface area (Å²) in [7, 11) is 4.59. The number of aromatic amines is 1. The maximum Gasteiger partial charge on any atom is 0.411 e. The molecule has 4 heterocycles. The van der Waals surface area contributed by atoms with E-state index in [-0.39, 0.29) is 24.0 Å². The number of nitrogens with zero attached hydrogens (tertiary/aromatic N) is 5. The van der Waals surface area contributed by atoms with Gasteiger partial charge in [-0.2, -0.15) is 13.2 Å². The number of aromatic nitrogens is 3. The van der Waals surface area contributed by atoms with E-state index in [1.807, 2.05) is 41.4 Å². The van der Waals surface area contributed by atoms with Crippen molar-refractivity contribution in [1.82, 2.24) is 24.8 Å². The number of benzene rings is 2. The lowest BCUT2D eigenvalue weighted by atomic mass is 9.77. The maximum absolute atomic E-state index is 13.9. The highest BCUT2D eigenvalue weighted by Gasteiger charge is 2.42. The Morgan fingerprint density at radius 2 is 1.76 bits per heavy atom. The summed E-state index contributed by atoms with van der Waals surface area (Å²) >= 11 is 0. The molecule has 0 saturated carbocycles. The molecule has 6 rings (SSSR count). The second-order valence-electron chi connectivity index (χ2n) is 13.2. The largest absolute Gasteiger partial charge is 0.493 e. The van der Waals surface area contributed by atoms with E-state index in [4.69, 9.17) is 23.9 Å². The highest BCUT2D eigenvalue weighted by Crippen LogP contribution is 2.41. The lowest BCUT2D eigenvalue weighted by molar-refractivity contribution is -0.173. The van der Waals surface area contributed by atoms with Crippen molar-refractivity contribution in [3.8, 4) is 17.2 Å². The van der Waals surface area contributed by atoms with Gasteiger partial charge in [0, 0.05) is 62.1 Å². The van der Waals surface area contributed by atoms with Crippen molar-refractivity contribution in [1.29, 1.82) is 0 Å². The zero-order valence-electron chi connectivity index (χ0n) is 29.2. The minimum atomic E-state index is -4.37. The molecule has 0 spiro atoms. The van der Waals surface area contributed by atoms with Gasteiger partial charge in [0.25, 0.3) is 5.91 Å². The molecule has 2 saturated heterocycles. The van der Waals surface area contributed by atoms with Crippen LogP contribution in [0.3, 0.4) is 0 Å². The number of anilines is 1. The molecule has 1 unspecified atom stereocenters. The minimum Gasteiger partial charge on any atom is -0.493 e. The van der Waals surface area contributed by atoms with E-state index in [9.17, 15) is 18.0 Å². The van der Waals surface area contributed by atoms with Crippen LogP contribution in [0.5, 0.6) is 17.2 Å². The number of nitrogens with one attached hydrogen (secondary N) is 1. The molecule has 51 heavy (non-hydrogen) atoms. The Morgan fingerprint density at radius 3 is 2.41 bits per heavy atom. The summed E-state index contributed by atoms with van der Waals surface area (Å²) in [6, 6.07) is 15.2. The Hall–Kier alpha value is -4.56. The van der Waals surface area contributed by atoms with E-state index in [2.05, 4.69) is 25.8 Å². The van der Waals surface area contributed by atoms with Crippen molar-refractivity contribution < 1.29 is 36.9 Å². The first-order valence-electron chi connectivity index (χ1n) is 17.2. The van der Waals surface area contributed by atoms with Crippen LogP contribution in [0.15, 0.2) is 60.9 Å². The number of methoxy groups -OCH3 is 3. The van der Waals surface area contributed by atoms with Crippen LogP contribution in [0.25, 0.3) is 11.0 Å². The Balaban J connectivity index is 1.12. The standard InChI is InChI=1S/C37H45F3N6O5/c1-48-31-21-26(22-32(49-2)33(31)50-3)34(47)45-18-13-36(24-45,27-7-6-14-41-23-27)12-17-44-15-10-28(11-16-44)46(19-20-51-25-37(38,39)40)35-42-29-8-4-5-9-30(29)43-35/h4-9,14,21-23,28H,10-13,15-20,24-25H2,1-3H3,(H,42,43). The summed E-state index contributed by atoms with van der Waals surface area (Å²) in [4.78, 5) is 32.8. The van der Waals surface area contributed by atoms with Gasteiger partial charge < -0.3 is 38.6 Å². The molecule has 2 fully saturated rings. The van der Waals surface area contributed by atoms with Crippen molar-refractivity contribution in [2.75, 3.05) is 78.7 Å². The number of hydrogen-bond donors (Lipinski definition) is 1. The van der Waals surface area contributed by atoms with Crippen LogP contribution in [-0.2, 0) is 10.2 Å². The lowest BCUT2D eigenvalue weighted by Gasteiger charge is -2.40.